The van der Waals surface area contributed by atoms with Crippen LogP contribution >= 0.6 is 0 Å². The number of aryl methyl sites for hydroxylation is 1. The van der Waals surface area contributed by atoms with E-state index in [2.05, 4.69) is 5.32 Å². The van der Waals surface area contributed by atoms with Crippen molar-refractivity contribution in [2.45, 2.75) is 26.3 Å². The van der Waals surface area contributed by atoms with Crippen LogP contribution in [0.3, 0.4) is 0 Å². The summed E-state index contributed by atoms with van der Waals surface area (Å²) in [7, 11) is 0. The maximum Gasteiger partial charge on any atom is 0.317 e. The normalized spacial score (nSPS) is 19.0. The highest BCUT2D eigenvalue weighted by atomic mass is 16.6. The molecule has 2 unspecified atom stereocenters. The molecule has 1 fully saturated rings. The second-order valence-electron chi connectivity index (χ2n) is 5.76. The number of amides is 2. The maximum atomic E-state index is 12.2. The number of hydrogen-bond acceptors (Lipinski definition) is 4. The summed E-state index contributed by atoms with van der Waals surface area (Å²) in [5.41, 5.74) is 1.35. The Bertz CT molecular complexity index is 576. The molecule has 0 aliphatic carbocycles. The summed E-state index contributed by atoms with van der Waals surface area (Å²) >= 11 is 0. The molecule has 0 radical (unpaired) electrons. The quantitative estimate of drug-likeness (QED) is 0.657. The topological polar surface area (TPSA) is 95.7 Å². The molecule has 2 atom stereocenters. The molecule has 7 heteroatoms. The molecular weight excluding hydrogens is 286 g/mol. The molecular formula is C15H21N3O4. The monoisotopic (exact) mass is 307 g/mol. The van der Waals surface area contributed by atoms with Crippen LogP contribution in [0.4, 0.5) is 10.5 Å². The van der Waals surface area contributed by atoms with Gasteiger partial charge in [-0.15, -0.1) is 0 Å². The molecule has 22 heavy (non-hydrogen) atoms. The second-order valence-corrected chi connectivity index (χ2v) is 5.76. The molecule has 0 spiro atoms. The molecule has 1 aliphatic rings. The minimum atomic E-state index is -0.417. The molecule has 0 aromatic heterocycles. The van der Waals surface area contributed by atoms with Crippen molar-refractivity contribution in [3.63, 3.8) is 0 Å². The van der Waals surface area contributed by atoms with E-state index >= 15 is 0 Å². The number of nitrogens with one attached hydrogen (secondary N) is 1. The zero-order valence-electron chi connectivity index (χ0n) is 12.8. The van der Waals surface area contributed by atoms with E-state index < -0.39 is 4.92 Å². The molecule has 2 N–H and O–H groups in total. The summed E-state index contributed by atoms with van der Waals surface area (Å²) in [5.74, 6) is 0.140. The standard InChI is InChI=1S/C15H21N3O4/c1-10-3-4-13(7-14(10)18(21)22)11(2)16-15(20)17-6-5-12(8-17)9-19/h3-4,7,11-12,19H,5-6,8-9H2,1-2H3,(H,16,20). The third-order valence-corrected chi connectivity index (χ3v) is 4.10. The molecule has 1 aromatic rings. The fraction of sp³-hybridized carbons (Fsp3) is 0.533. The molecule has 0 bridgehead atoms. The number of rotatable bonds is 4. The van der Waals surface area contributed by atoms with Gasteiger partial charge in [-0.25, -0.2) is 4.79 Å². The van der Waals surface area contributed by atoms with Crippen LogP contribution in [0.1, 0.15) is 30.5 Å². The van der Waals surface area contributed by atoms with Gasteiger partial charge in [-0.1, -0.05) is 12.1 Å². The van der Waals surface area contributed by atoms with E-state index in [0.717, 1.165) is 6.42 Å². The first-order valence-corrected chi connectivity index (χ1v) is 7.33. The van der Waals surface area contributed by atoms with Gasteiger partial charge in [0.2, 0.25) is 0 Å². The van der Waals surface area contributed by atoms with Crippen molar-refractivity contribution >= 4 is 11.7 Å². The van der Waals surface area contributed by atoms with Crippen molar-refractivity contribution in [1.29, 1.82) is 0 Å². The fourth-order valence-corrected chi connectivity index (χ4v) is 2.62. The molecule has 1 saturated heterocycles. The molecule has 2 amide bonds. The molecule has 1 aromatic carbocycles. The minimum absolute atomic E-state index is 0.0557. The number of aliphatic hydroxyl groups excluding tert-OH is 1. The summed E-state index contributed by atoms with van der Waals surface area (Å²) in [6.45, 7) is 4.74. The van der Waals surface area contributed by atoms with Gasteiger partial charge in [0.1, 0.15) is 0 Å². The molecule has 2 rings (SSSR count). The lowest BCUT2D eigenvalue weighted by Gasteiger charge is -2.21. The highest BCUT2D eigenvalue weighted by Crippen LogP contribution is 2.24. The number of aliphatic hydroxyl groups is 1. The van der Waals surface area contributed by atoms with Gasteiger partial charge < -0.3 is 15.3 Å². The number of benzene rings is 1. The van der Waals surface area contributed by atoms with Gasteiger partial charge in [0, 0.05) is 37.2 Å². The van der Waals surface area contributed by atoms with Crippen molar-refractivity contribution in [1.82, 2.24) is 10.2 Å². The zero-order chi connectivity index (χ0) is 16.3. The van der Waals surface area contributed by atoms with Crippen molar-refractivity contribution in [3.05, 3.63) is 39.4 Å². The van der Waals surface area contributed by atoms with E-state index in [-0.39, 0.29) is 30.3 Å². The lowest BCUT2D eigenvalue weighted by molar-refractivity contribution is -0.385. The van der Waals surface area contributed by atoms with E-state index in [1.807, 2.05) is 0 Å². The van der Waals surface area contributed by atoms with E-state index in [0.29, 0.717) is 24.2 Å². The van der Waals surface area contributed by atoms with Crippen molar-refractivity contribution < 1.29 is 14.8 Å². The molecule has 120 valence electrons. The number of carbonyl (C=O) groups excluding carboxylic acids is 1. The predicted molar refractivity (Wildman–Crippen MR) is 81.5 cm³/mol. The van der Waals surface area contributed by atoms with Gasteiger partial charge in [-0.2, -0.15) is 0 Å². The van der Waals surface area contributed by atoms with Crippen molar-refractivity contribution in [2.24, 2.45) is 5.92 Å². The van der Waals surface area contributed by atoms with Crippen molar-refractivity contribution in [3.8, 4) is 0 Å². The zero-order valence-corrected chi connectivity index (χ0v) is 12.8. The number of hydrogen-bond donors (Lipinski definition) is 2. The largest absolute Gasteiger partial charge is 0.396 e. The minimum Gasteiger partial charge on any atom is -0.396 e. The Hall–Kier alpha value is -2.15. The number of carbonyl (C=O) groups is 1. The fourth-order valence-electron chi connectivity index (χ4n) is 2.62. The van der Waals surface area contributed by atoms with Crippen LogP contribution < -0.4 is 5.32 Å². The van der Waals surface area contributed by atoms with Gasteiger partial charge in [0.25, 0.3) is 5.69 Å². The van der Waals surface area contributed by atoms with Gasteiger partial charge in [-0.05, 0) is 25.8 Å². The SMILES string of the molecule is Cc1ccc(C(C)NC(=O)N2CCC(CO)C2)cc1[N+](=O)[O-]. The first-order chi connectivity index (χ1) is 10.4. The van der Waals surface area contributed by atoms with Crippen molar-refractivity contribution in [2.75, 3.05) is 19.7 Å². The van der Waals surface area contributed by atoms with Crippen LogP contribution in [0.25, 0.3) is 0 Å². The Labute approximate surface area is 129 Å². The smallest absolute Gasteiger partial charge is 0.317 e. The number of nitro benzene ring substituents is 1. The van der Waals surface area contributed by atoms with E-state index in [1.54, 1.807) is 30.9 Å². The van der Waals surface area contributed by atoms with E-state index in [9.17, 15) is 14.9 Å². The summed E-state index contributed by atoms with van der Waals surface area (Å²) in [4.78, 5) is 24.4. The third-order valence-electron chi connectivity index (χ3n) is 4.10. The Morgan fingerprint density at radius 2 is 2.32 bits per heavy atom. The van der Waals surface area contributed by atoms with E-state index in [1.165, 1.54) is 6.07 Å². The predicted octanol–water partition coefficient (Wildman–Crippen LogP) is 1.99. The molecule has 1 heterocycles. The number of likely N-dealkylation sites (tertiary alicyclic amines) is 1. The Kier molecular flexibility index (Phi) is 4.97. The molecule has 0 saturated carbocycles. The summed E-state index contributed by atoms with van der Waals surface area (Å²) in [6.07, 6.45) is 0.800. The summed E-state index contributed by atoms with van der Waals surface area (Å²) in [5, 5.41) is 22.9. The number of urea groups is 1. The van der Waals surface area contributed by atoms with Gasteiger partial charge in [0.15, 0.2) is 0 Å². The number of nitro groups is 1. The van der Waals surface area contributed by atoms with Crippen LogP contribution in [-0.2, 0) is 0 Å². The highest BCUT2D eigenvalue weighted by molar-refractivity contribution is 5.75. The lowest BCUT2D eigenvalue weighted by atomic mass is 10.0. The Balaban J connectivity index is 2.03. The average Bonchev–Trinajstić information content (AvgIpc) is 2.96. The third kappa shape index (κ3) is 3.54. The Morgan fingerprint density at radius 1 is 1.59 bits per heavy atom. The molecule has 7 nitrogen and oxygen atoms in total. The van der Waals surface area contributed by atoms with Crippen LogP contribution in [0, 0.1) is 23.0 Å². The van der Waals surface area contributed by atoms with Crippen LogP contribution in [0.15, 0.2) is 18.2 Å². The lowest BCUT2D eigenvalue weighted by Crippen LogP contribution is -2.39. The highest BCUT2D eigenvalue weighted by Gasteiger charge is 2.26. The van der Waals surface area contributed by atoms with Crippen LogP contribution in [0.2, 0.25) is 0 Å². The Morgan fingerprint density at radius 3 is 2.91 bits per heavy atom. The van der Waals surface area contributed by atoms with E-state index in [4.69, 9.17) is 5.11 Å². The van der Waals surface area contributed by atoms with Gasteiger partial charge >= 0.3 is 6.03 Å². The first kappa shape index (κ1) is 16.2. The van der Waals surface area contributed by atoms with Gasteiger partial charge in [0.05, 0.1) is 11.0 Å². The average molecular weight is 307 g/mol. The first-order valence-electron chi connectivity index (χ1n) is 7.33. The van der Waals surface area contributed by atoms with Crippen LogP contribution in [-0.4, -0.2) is 40.7 Å². The van der Waals surface area contributed by atoms with Crippen LogP contribution in [0.5, 0.6) is 0 Å². The number of nitrogens with zero attached hydrogens (tertiary/aromatic N) is 2. The second kappa shape index (κ2) is 6.74. The summed E-state index contributed by atoms with van der Waals surface area (Å²) < 4.78 is 0. The van der Waals surface area contributed by atoms with Gasteiger partial charge in [-0.3, -0.25) is 10.1 Å². The molecule has 1 aliphatic heterocycles. The summed E-state index contributed by atoms with van der Waals surface area (Å²) in [6, 6.07) is 4.45. The maximum absolute atomic E-state index is 12.2.